The van der Waals surface area contributed by atoms with Gasteiger partial charge in [-0.2, -0.15) is 13.7 Å². The molecule has 140 valence electrons. The fourth-order valence-corrected chi connectivity index (χ4v) is 2.62. The van der Waals surface area contributed by atoms with Gasteiger partial charge in [0.2, 0.25) is 0 Å². The summed E-state index contributed by atoms with van der Waals surface area (Å²) in [6, 6.07) is 14.1. The Balaban J connectivity index is 2.02. The minimum atomic E-state index is -4.39. The summed E-state index contributed by atoms with van der Waals surface area (Å²) < 4.78 is 36.4. The van der Waals surface area contributed by atoms with Gasteiger partial charge in [0.15, 0.2) is 0 Å². The van der Waals surface area contributed by atoms with Crippen molar-refractivity contribution in [2.75, 3.05) is 12.4 Å². The number of nitrogens with zero attached hydrogens (tertiary/aromatic N) is 1. The number of rotatable bonds is 7. The highest BCUT2D eigenvalue weighted by Gasteiger charge is 2.13. The quantitative estimate of drug-likeness (QED) is 0.377. The normalized spacial score (nSPS) is 11.4. The molecule has 0 heterocycles. The molecule has 27 heavy (non-hydrogen) atoms. The molecule has 0 saturated heterocycles. The average Bonchev–Trinajstić information content (AvgIpc) is 2.65. The number of nitriles is 1. The molecule has 9 heteroatoms. The van der Waals surface area contributed by atoms with Crippen molar-refractivity contribution in [1.29, 1.82) is 5.26 Å². The van der Waals surface area contributed by atoms with E-state index in [4.69, 9.17) is 14.6 Å². The van der Waals surface area contributed by atoms with E-state index in [0.717, 1.165) is 17.4 Å². The lowest BCUT2D eigenvalue weighted by Crippen LogP contribution is -2.17. The lowest BCUT2D eigenvalue weighted by molar-refractivity contribution is -0.112. The molecular weight excluding hydrogens is 370 g/mol. The molecule has 0 saturated carbocycles. The summed E-state index contributed by atoms with van der Waals surface area (Å²) in [5.41, 5.74) is 0.859. The first-order chi connectivity index (χ1) is 12.8. The number of ether oxygens (including phenoxy) is 1. The maximum Gasteiger partial charge on any atom is 0.294 e. The topological polar surface area (TPSA) is 129 Å². The first kappa shape index (κ1) is 20.0. The van der Waals surface area contributed by atoms with Gasteiger partial charge in [0.1, 0.15) is 17.4 Å². The Bertz CT molecular complexity index is 992. The molecule has 0 aliphatic heterocycles. The first-order valence-electron chi connectivity index (χ1n) is 7.69. The first-order valence-corrected chi connectivity index (χ1v) is 9.13. The minimum absolute atomic E-state index is 0.131. The van der Waals surface area contributed by atoms with Crippen LogP contribution in [-0.4, -0.2) is 26.0 Å². The molecule has 8 nitrogen and oxygen atoms in total. The van der Waals surface area contributed by atoms with Gasteiger partial charge in [-0.05, 0) is 35.9 Å². The maximum absolute atomic E-state index is 12.2. The van der Waals surface area contributed by atoms with Crippen LogP contribution < -0.4 is 15.4 Å². The fourth-order valence-electron chi connectivity index (χ4n) is 2.10. The molecule has 3 N–H and O–H groups in total. The maximum atomic E-state index is 12.2. The number of amides is 1. The van der Waals surface area contributed by atoms with Crippen molar-refractivity contribution < 1.29 is 22.5 Å². The zero-order chi connectivity index (χ0) is 19.9. The summed E-state index contributed by atoms with van der Waals surface area (Å²) >= 11 is 0. The molecule has 0 bridgehead atoms. The van der Waals surface area contributed by atoms with Crippen LogP contribution in [0.5, 0.6) is 5.75 Å². The number of carbonyl (C=O) groups excluding carboxylic acids is 1. The summed E-state index contributed by atoms with van der Waals surface area (Å²) in [7, 11) is -2.82. The van der Waals surface area contributed by atoms with Gasteiger partial charge in [-0.15, -0.1) is 0 Å². The van der Waals surface area contributed by atoms with Gasteiger partial charge in [-0.25, -0.2) is 0 Å². The van der Waals surface area contributed by atoms with Crippen molar-refractivity contribution in [2.45, 2.75) is 11.4 Å². The van der Waals surface area contributed by atoms with Crippen molar-refractivity contribution in [2.24, 2.45) is 0 Å². The van der Waals surface area contributed by atoms with Crippen molar-refractivity contribution in [3.63, 3.8) is 0 Å². The van der Waals surface area contributed by atoms with Crippen LogP contribution in [0.3, 0.4) is 0 Å². The van der Waals surface area contributed by atoms with Gasteiger partial charge < -0.3 is 15.4 Å². The van der Waals surface area contributed by atoms with Gasteiger partial charge in [0.05, 0.1) is 12.0 Å². The zero-order valence-corrected chi connectivity index (χ0v) is 15.2. The summed E-state index contributed by atoms with van der Waals surface area (Å²) in [4.78, 5) is 11.8. The van der Waals surface area contributed by atoms with Crippen LogP contribution in [-0.2, 0) is 21.5 Å². The highest BCUT2D eigenvalue weighted by molar-refractivity contribution is 7.85. The lowest BCUT2D eigenvalue weighted by Gasteiger charge is -2.07. The van der Waals surface area contributed by atoms with Crippen molar-refractivity contribution >= 4 is 21.7 Å². The van der Waals surface area contributed by atoms with Crippen LogP contribution in [0.25, 0.3) is 0 Å². The minimum Gasteiger partial charge on any atom is -0.497 e. The molecule has 2 aromatic rings. The largest absolute Gasteiger partial charge is 0.497 e. The molecule has 0 aromatic heterocycles. The summed E-state index contributed by atoms with van der Waals surface area (Å²) in [6.07, 6.45) is 1.27. The van der Waals surface area contributed by atoms with E-state index in [1.54, 1.807) is 25.3 Å². The molecule has 0 fully saturated rings. The predicted octanol–water partition coefficient (Wildman–Crippen LogP) is 2.08. The molecule has 0 spiro atoms. The molecule has 0 unspecified atom stereocenters. The van der Waals surface area contributed by atoms with E-state index in [-0.39, 0.29) is 16.2 Å². The average molecular weight is 387 g/mol. The Hall–Kier alpha value is -3.35. The SMILES string of the molecule is COc1ccc(CN/C=C(/C#N)C(=O)Nc2cccc(S(=O)(=O)O)c2)cc1. The molecular formula is C18H17N3O5S. The number of hydrogen-bond acceptors (Lipinski definition) is 6. The highest BCUT2D eigenvalue weighted by Crippen LogP contribution is 2.16. The van der Waals surface area contributed by atoms with E-state index in [1.807, 2.05) is 12.1 Å². The molecule has 1 amide bonds. The van der Waals surface area contributed by atoms with Crippen LogP contribution in [0, 0.1) is 11.3 Å². The van der Waals surface area contributed by atoms with E-state index >= 15 is 0 Å². The van der Waals surface area contributed by atoms with Gasteiger partial charge in [-0.3, -0.25) is 9.35 Å². The summed E-state index contributed by atoms with van der Waals surface area (Å²) in [5.74, 6) is 0.00530. The second-order valence-electron chi connectivity index (χ2n) is 5.36. The Morgan fingerprint density at radius 2 is 1.96 bits per heavy atom. The van der Waals surface area contributed by atoms with Crippen LogP contribution in [0.2, 0.25) is 0 Å². The molecule has 2 aromatic carbocycles. The van der Waals surface area contributed by atoms with Crippen molar-refractivity contribution in [3.8, 4) is 11.8 Å². The predicted molar refractivity (Wildman–Crippen MR) is 98.4 cm³/mol. The van der Waals surface area contributed by atoms with E-state index in [9.17, 15) is 13.2 Å². The molecule has 0 aliphatic rings. The van der Waals surface area contributed by atoms with Crippen LogP contribution in [0.15, 0.2) is 65.2 Å². The third kappa shape index (κ3) is 5.85. The third-order valence-electron chi connectivity index (χ3n) is 3.47. The number of nitrogens with one attached hydrogen (secondary N) is 2. The molecule has 2 rings (SSSR count). The van der Waals surface area contributed by atoms with Gasteiger partial charge >= 0.3 is 0 Å². The van der Waals surface area contributed by atoms with Gasteiger partial charge in [-0.1, -0.05) is 18.2 Å². The third-order valence-corrected chi connectivity index (χ3v) is 4.32. The molecule has 0 atom stereocenters. The highest BCUT2D eigenvalue weighted by atomic mass is 32.2. The van der Waals surface area contributed by atoms with Crippen LogP contribution >= 0.6 is 0 Å². The lowest BCUT2D eigenvalue weighted by atomic mass is 10.2. The number of anilines is 1. The second-order valence-corrected chi connectivity index (χ2v) is 6.78. The van der Waals surface area contributed by atoms with Crippen molar-refractivity contribution in [3.05, 3.63) is 65.9 Å². The Morgan fingerprint density at radius 1 is 1.26 bits per heavy atom. The summed E-state index contributed by atoms with van der Waals surface area (Å²) in [5, 5.41) is 14.4. The number of hydrogen-bond donors (Lipinski definition) is 3. The number of benzene rings is 2. The Kier molecular flexibility index (Phi) is 6.54. The molecule has 0 radical (unpaired) electrons. The fraction of sp³-hybridized carbons (Fsp3) is 0.111. The Labute approximate surface area is 156 Å². The van der Waals surface area contributed by atoms with E-state index in [0.29, 0.717) is 6.54 Å². The van der Waals surface area contributed by atoms with Gasteiger partial charge in [0.25, 0.3) is 16.0 Å². The van der Waals surface area contributed by atoms with Crippen molar-refractivity contribution in [1.82, 2.24) is 5.32 Å². The van der Waals surface area contributed by atoms with Crippen LogP contribution in [0.1, 0.15) is 5.56 Å². The standard InChI is InChI=1S/C18H17N3O5S/c1-26-16-7-5-13(6-8-16)11-20-12-14(10-19)18(22)21-15-3-2-4-17(9-15)27(23,24)25/h2-9,12,20H,11H2,1H3,(H,21,22)(H,23,24,25)/b14-12-. The molecule has 0 aliphatic carbocycles. The van der Waals surface area contributed by atoms with E-state index in [1.165, 1.54) is 24.4 Å². The van der Waals surface area contributed by atoms with E-state index < -0.39 is 16.0 Å². The smallest absolute Gasteiger partial charge is 0.294 e. The summed E-state index contributed by atoms with van der Waals surface area (Å²) in [6.45, 7) is 0.390. The zero-order valence-electron chi connectivity index (χ0n) is 14.3. The van der Waals surface area contributed by atoms with E-state index in [2.05, 4.69) is 10.6 Å². The number of methoxy groups -OCH3 is 1. The monoisotopic (exact) mass is 387 g/mol. The number of carbonyl (C=O) groups is 1. The van der Waals surface area contributed by atoms with Gasteiger partial charge in [0, 0.05) is 18.4 Å². The Morgan fingerprint density at radius 3 is 2.56 bits per heavy atom. The van der Waals surface area contributed by atoms with Crippen LogP contribution in [0.4, 0.5) is 5.69 Å². The second kappa shape index (κ2) is 8.84.